The van der Waals surface area contributed by atoms with Crippen LogP contribution in [-0.2, 0) is 10.0 Å². The number of benzene rings is 1. The van der Waals surface area contributed by atoms with Crippen LogP contribution < -0.4 is 15.8 Å². The summed E-state index contributed by atoms with van der Waals surface area (Å²) < 4.78 is 25.1. The van der Waals surface area contributed by atoms with Crippen molar-refractivity contribution < 1.29 is 13.2 Å². The average Bonchev–Trinajstić information content (AvgIpc) is 2.28. The van der Waals surface area contributed by atoms with E-state index in [1.54, 1.807) is 32.0 Å². The van der Waals surface area contributed by atoms with Gasteiger partial charge in [0.2, 0.25) is 10.0 Å². The number of anilines is 1. The summed E-state index contributed by atoms with van der Waals surface area (Å²) in [5.74, 6) is -0.513. The van der Waals surface area contributed by atoms with E-state index in [1.807, 2.05) is 0 Å². The highest BCUT2D eigenvalue weighted by molar-refractivity contribution is 7.89. The van der Waals surface area contributed by atoms with Gasteiger partial charge in [-0.1, -0.05) is 19.1 Å². The van der Waals surface area contributed by atoms with Gasteiger partial charge in [-0.25, -0.2) is 13.1 Å². The number of sulfonamides is 1. The molecule has 1 aromatic carbocycles. The normalized spacial score (nSPS) is 11.3. The van der Waals surface area contributed by atoms with Gasteiger partial charge in [0.15, 0.2) is 0 Å². The van der Waals surface area contributed by atoms with Gasteiger partial charge >= 0.3 is 0 Å². The fraction of sp³-hybridized carbons (Fsp3) is 0.417. The molecule has 1 amide bonds. The van der Waals surface area contributed by atoms with Crippen molar-refractivity contribution in [2.75, 3.05) is 24.6 Å². The van der Waals surface area contributed by atoms with Gasteiger partial charge in [0.05, 0.1) is 11.3 Å². The minimum absolute atomic E-state index is 0.0436. The van der Waals surface area contributed by atoms with Gasteiger partial charge in [-0.05, 0) is 18.6 Å². The molecule has 0 aliphatic rings. The molecular formula is C12H19N3O3S. The molecule has 0 aliphatic heterocycles. The summed E-state index contributed by atoms with van der Waals surface area (Å²) in [6.07, 6.45) is 0. The van der Waals surface area contributed by atoms with Gasteiger partial charge in [0.1, 0.15) is 0 Å². The first kappa shape index (κ1) is 15.5. The van der Waals surface area contributed by atoms with Crippen molar-refractivity contribution in [3.05, 3.63) is 29.3 Å². The Kier molecular flexibility index (Phi) is 5.31. The van der Waals surface area contributed by atoms with E-state index in [9.17, 15) is 13.2 Å². The van der Waals surface area contributed by atoms with Crippen LogP contribution in [0.4, 0.5) is 5.69 Å². The van der Waals surface area contributed by atoms with E-state index in [1.165, 1.54) is 0 Å². The predicted molar refractivity (Wildman–Crippen MR) is 75.4 cm³/mol. The summed E-state index contributed by atoms with van der Waals surface area (Å²) in [5.41, 5.74) is 7.27. The Morgan fingerprint density at radius 3 is 2.63 bits per heavy atom. The number of carbonyl (C=O) groups excluding carboxylic acids is 1. The second kappa shape index (κ2) is 6.53. The quantitative estimate of drug-likeness (QED) is 0.652. The van der Waals surface area contributed by atoms with Crippen LogP contribution in [0.3, 0.4) is 0 Å². The van der Waals surface area contributed by atoms with Crippen LogP contribution in [0.1, 0.15) is 22.8 Å². The molecule has 0 saturated heterocycles. The maximum Gasteiger partial charge on any atom is 0.253 e. The minimum atomic E-state index is -3.33. The average molecular weight is 285 g/mol. The molecule has 1 rings (SSSR count). The maximum atomic E-state index is 11.9. The number of nitrogen functional groups attached to an aromatic ring is 1. The van der Waals surface area contributed by atoms with E-state index in [2.05, 4.69) is 10.0 Å². The minimum Gasteiger partial charge on any atom is -0.398 e. The lowest BCUT2D eigenvalue weighted by Crippen LogP contribution is -2.34. The lowest BCUT2D eigenvalue weighted by atomic mass is 10.1. The molecule has 0 radical (unpaired) electrons. The van der Waals surface area contributed by atoms with Crippen molar-refractivity contribution in [2.24, 2.45) is 0 Å². The zero-order valence-electron chi connectivity index (χ0n) is 11.1. The van der Waals surface area contributed by atoms with Crippen molar-refractivity contribution in [1.29, 1.82) is 0 Å². The molecule has 4 N–H and O–H groups in total. The summed E-state index contributed by atoms with van der Waals surface area (Å²) in [4.78, 5) is 11.9. The Balaban J connectivity index is 2.62. The number of nitrogens with one attached hydrogen (secondary N) is 2. The molecule has 19 heavy (non-hydrogen) atoms. The molecule has 0 fully saturated rings. The molecule has 1 aromatic rings. The third kappa shape index (κ3) is 4.53. The molecule has 0 aliphatic carbocycles. The highest BCUT2D eigenvalue weighted by atomic mass is 32.2. The van der Waals surface area contributed by atoms with Gasteiger partial charge in [-0.3, -0.25) is 4.79 Å². The highest BCUT2D eigenvalue weighted by Crippen LogP contribution is 2.15. The molecule has 0 heterocycles. The van der Waals surface area contributed by atoms with Crippen LogP contribution in [0.25, 0.3) is 0 Å². The number of nitrogens with two attached hydrogens (primary N) is 1. The largest absolute Gasteiger partial charge is 0.398 e. The Bertz CT molecular complexity index is 535. The first-order chi connectivity index (χ1) is 8.87. The Morgan fingerprint density at radius 1 is 1.37 bits per heavy atom. The third-order valence-corrected chi connectivity index (χ3v) is 4.02. The number of hydrogen-bond acceptors (Lipinski definition) is 4. The van der Waals surface area contributed by atoms with E-state index in [4.69, 9.17) is 5.73 Å². The second-order valence-corrected chi connectivity index (χ2v) is 6.04. The summed E-state index contributed by atoms with van der Waals surface area (Å²) in [5, 5.41) is 2.56. The topological polar surface area (TPSA) is 101 Å². The van der Waals surface area contributed by atoms with Crippen molar-refractivity contribution in [1.82, 2.24) is 10.0 Å². The van der Waals surface area contributed by atoms with Crippen molar-refractivity contribution in [3.8, 4) is 0 Å². The Labute approximate surface area is 113 Å². The van der Waals surface area contributed by atoms with Crippen molar-refractivity contribution in [2.45, 2.75) is 13.8 Å². The number of carbonyl (C=O) groups is 1. The Hall–Kier alpha value is -1.60. The first-order valence-electron chi connectivity index (χ1n) is 5.98. The standard InChI is InChI=1S/C12H19N3O3S/c1-3-15-19(17,18)8-7-14-12(16)11-9(2)5-4-6-10(11)13/h4-6,15H,3,7-8,13H2,1-2H3,(H,14,16). The molecule has 106 valence electrons. The number of aryl methyl sites for hydroxylation is 1. The number of amides is 1. The van der Waals surface area contributed by atoms with Crippen LogP contribution in [0, 0.1) is 6.92 Å². The van der Waals surface area contributed by atoms with Crippen LogP contribution in [-0.4, -0.2) is 33.2 Å². The monoisotopic (exact) mass is 285 g/mol. The van der Waals surface area contributed by atoms with Crippen LogP contribution in [0.2, 0.25) is 0 Å². The van der Waals surface area contributed by atoms with Gasteiger partial charge in [0.25, 0.3) is 5.91 Å². The SMILES string of the molecule is CCNS(=O)(=O)CCNC(=O)c1c(C)cccc1N. The lowest BCUT2D eigenvalue weighted by molar-refractivity contribution is 0.0956. The number of hydrogen-bond donors (Lipinski definition) is 3. The molecule has 0 spiro atoms. The van der Waals surface area contributed by atoms with E-state index in [0.717, 1.165) is 5.56 Å². The number of rotatable bonds is 6. The predicted octanol–water partition coefficient (Wildman–Crippen LogP) is 0.246. The van der Waals surface area contributed by atoms with Crippen LogP contribution in [0.5, 0.6) is 0 Å². The second-order valence-electron chi connectivity index (χ2n) is 4.11. The van der Waals surface area contributed by atoms with E-state index in [-0.39, 0.29) is 18.2 Å². The fourth-order valence-corrected chi connectivity index (χ4v) is 2.63. The van der Waals surface area contributed by atoms with Gasteiger partial charge in [-0.15, -0.1) is 0 Å². The van der Waals surface area contributed by atoms with Crippen LogP contribution in [0.15, 0.2) is 18.2 Å². The first-order valence-corrected chi connectivity index (χ1v) is 7.63. The summed E-state index contributed by atoms with van der Waals surface area (Å²) in [6, 6.07) is 5.18. The van der Waals surface area contributed by atoms with E-state index in [0.29, 0.717) is 17.8 Å². The molecule has 0 atom stereocenters. The van der Waals surface area contributed by atoms with E-state index < -0.39 is 10.0 Å². The van der Waals surface area contributed by atoms with E-state index >= 15 is 0 Å². The van der Waals surface area contributed by atoms with Gasteiger partial charge in [0, 0.05) is 18.8 Å². The lowest BCUT2D eigenvalue weighted by Gasteiger charge is -2.10. The summed E-state index contributed by atoms with van der Waals surface area (Å²) >= 11 is 0. The zero-order valence-corrected chi connectivity index (χ0v) is 11.9. The molecule has 7 heteroatoms. The summed E-state index contributed by atoms with van der Waals surface area (Å²) in [7, 11) is -3.33. The third-order valence-electron chi connectivity index (χ3n) is 2.55. The molecule has 0 bridgehead atoms. The smallest absolute Gasteiger partial charge is 0.253 e. The van der Waals surface area contributed by atoms with Crippen LogP contribution >= 0.6 is 0 Å². The molecule has 0 unspecified atom stereocenters. The fourth-order valence-electron chi connectivity index (χ4n) is 1.68. The van der Waals surface area contributed by atoms with Gasteiger partial charge < -0.3 is 11.1 Å². The van der Waals surface area contributed by atoms with Crippen molar-refractivity contribution in [3.63, 3.8) is 0 Å². The zero-order chi connectivity index (χ0) is 14.5. The molecule has 0 saturated carbocycles. The molecular weight excluding hydrogens is 266 g/mol. The highest BCUT2D eigenvalue weighted by Gasteiger charge is 2.14. The Morgan fingerprint density at radius 2 is 2.05 bits per heavy atom. The summed E-state index contributed by atoms with van der Waals surface area (Å²) in [6.45, 7) is 3.85. The van der Waals surface area contributed by atoms with Gasteiger partial charge in [-0.2, -0.15) is 0 Å². The molecule has 0 aromatic heterocycles. The molecule has 6 nitrogen and oxygen atoms in total. The maximum absolute atomic E-state index is 11.9. The van der Waals surface area contributed by atoms with Crippen molar-refractivity contribution >= 4 is 21.6 Å².